The topological polar surface area (TPSA) is 105 Å². The third-order valence-corrected chi connectivity index (χ3v) is 5.90. The van der Waals surface area contributed by atoms with E-state index in [-0.39, 0.29) is 23.0 Å². The second-order valence-corrected chi connectivity index (χ2v) is 8.77. The van der Waals surface area contributed by atoms with Crippen molar-refractivity contribution >= 4 is 33.1 Å². The van der Waals surface area contributed by atoms with Gasteiger partial charge in [0.05, 0.1) is 4.90 Å². The number of rotatable bonds is 9. The molecule has 0 aliphatic rings. The van der Waals surface area contributed by atoms with E-state index in [1.54, 1.807) is 36.7 Å². The Hall–Kier alpha value is -3.52. The first-order chi connectivity index (χ1) is 14.8. The first-order valence-corrected chi connectivity index (χ1v) is 11.2. The third kappa shape index (κ3) is 6.75. The number of carbonyl (C=O) groups is 2. The summed E-state index contributed by atoms with van der Waals surface area (Å²) in [5, 5.41) is 2.59. The maximum absolute atomic E-state index is 12.6. The van der Waals surface area contributed by atoms with Crippen molar-refractivity contribution in [1.82, 2.24) is 4.98 Å². The number of aromatic nitrogens is 1. The molecule has 1 heterocycles. The highest BCUT2D eigenvalue weighted by molar-refractivity contribution is 7.92. The highest BCUT2D eigenvalue weighted by Crippen LogP contribution is 2.19. The van der Waals surface area contributed by atoms with Crippen LogP contribution in [0.1, 0.15) is 24.5 Å². The van der Waals surface area contributed by atoms with Crippen LogP contribution in [0, 0.1) is 0 Å². The molecule has 8 heteroatoms. The van der Waals surface area contributed by atoms with Crippen LogP contribution in [0.15, 0.2) is 78.0 Å². The maximum atomic E-state index is 12.6. The molecule has 0 radical (unpaired) electrons. The van der Waals surface area contributed by atoms with Gasteiger partial charge in [-0.15, -0.1) is 0 Å². The Bertz CT molecular complexity index is 1140. The first-order valence-electron chi connectivity index (χ1n) is 9.72. The maximum Gasteiger partial charge on any atom is 0.261 e. The number of Topliss-reactive ketones (excluding diaryl/α,β-unsaturated/α-hetero) is 1. The molecule has 0 saturated carbocycles. The van der Waals surface area contributed by atoms with E-state index in [1.165, 1.54) is 31.2 Å². The van der Waals surface area contributed by atoms with Crippen molar-refractivity contribution in [3.63, 3.8) is 0 Å². The largest absolute Gasteiger partial charge is 0.326 e. The van der Waals surface area contributed by atoms with Crippen LogP contribution in [-0.2, 0) is 32.5 Å². The number of pyridine rings is 1. The molecular weight excluding hydrogens is 414 g/mol. The smallest absolute Gasteiger partial charge is 0.261 e. The number of benzene rings is 2. The molecule has 0 aliphatic heterocycles. The van der Waals surface area contributed by atoms with Crippen molar-refractivity contribution in [3.8, 4) is 0 Å². The molecule has 0 atom stereocenters. The zero-order valence-electron chi connectivity index (χ0n) is 17.0. The van der Waals surface area contributed by atoms with Crippen LogP contribution in [0.2, 0.25) is 0 Å². The number of hydrogen-bond donors (Lipinski definition) is 2. The van der Waals surface area contributed by atoms with Gasteiger partial charge in [0.1, 0.15) is 5.78 Å². The molecule has 7 nitrogen and oxygen atoms in total. The van der Waals surface area contributed by atoms with Crippen LogP contribution in [-0.4, -0.2) is 25.1 Å². The van der Waals surface area contributed by atoms with Crippen LogP contribution in [0.5, 0.6) is 0 Å². The molecule has 0 fully saturated rings. The van der Waals surface area contributed by atoms with E-state index in [2.05, 4.69) is 15.0 Å². The van der Waals surface area contributed by atoms with Gasteiger partial charge < -0.3 is 5.32 Å². The van der Waals surface area contributed by atoms with E-state index < -0.39 is 10.0 Å². The van der Waals surface area contributed by atoms with Gasteiger partial charge in [0, 0.05) is 43.5 Å². The average molecular weight is 438 g/mol. The van der Waals surface area contributed by atoms with Crippen LogP contribution in [0.4, 0.5) is 11.4 Å². The van der Waals surface area contributed by atoms with Gasteiger partial charge in [0.25, 0.3) is 10.0 Å². The summed E-state index contributed by atoms with van der Waals surface area (Å²) >= 11 is 0. The van der Waals surface area contributed by atoms with Gasteiger partial charge in [-0.25, -0.2) is 8.42 Å². The van der Waals surface area contributed by atoms with Crippen molar-refractivity contribution in [3.05, 3.63) is 84.2 Å². The van der Waals surface area contributed by atoms with Crippen molar-refractivity contribution in [1.29, 1.82) is 0 Å². The Morgan fingerprint density at radius 1 is 0.903 bits per heavy atom. The van der Waals surface area contributed by atoms with E-state index in [0.29, 0.717) is 24.2 Å². The van der Waals surface area contributed by atoms with Gasteiger partial charge >= 0.3 is 0 Å². The van der Waals surface area contributed by atoms with E-state index >= 15 is 0 Å². The fourth-order valence-corrected chi connectivity index (χ4v) is 4.03. The van der Waals surface area contributed by atoms with Crippen molar-refractivity contribution in [2.75, 3.05) is 10.0 Å². The standard InChI is InChI=1S/C23H23N3O4S/c1-17(27)25-20-9-12-23(13-10-20)31(29,30)26-21-7-4-18(5-8-21)15-22(28)11-6-19-3-2-14-24-16-19/h2-5,7-10,12-14,16,26H,6,11,15H2,1H3,(H,25,27). The number of nitrogens with zero attached hydrogens (tertiary/aromatic N) is 1. The molecule has 0 spiro atoms. The lowest BCUT2D eigenvalue weighted by Crippen LogP contribution is -2.13. The summed E-state index contributed by atoms with van der Waals surface area (Å²) in [6.45, 7) is 1.38. The predicted molar refractivity (Wildman–Crippen MR) is 119 cm³/mol. The van der Waals surface area contributed by atoms with Gasteiger partial charge in [0.15, 0.2) is 0 Å². The average Bonchev–Trinajstić information content (AvgIpc) is 2.74. The molecular formula is C23H23N3O4S. The SMILES string of the molecule is CC(=O)Nc1ccc(S(=O)(=O)Nc2ccc(CC(=O)CCc3cccnc3)cc2)cc1. The Balaban J connectivity index is 1.56. The molecule has 160 valence electrons. The Morgan fingerprint density at radius 2 is 1.58 bits per heavy atom. The molecule has 2 aromatic carbocycles. The normalized spacial score (nSPS) is 11.0. The molecule has 1 amide bonds. The molecule has 3 aromatic rings. The fourth-order valence-electron chi connectivity index (χ4n) is 2.97. The molecule has 2 N–H and O–H groups in total. The highest BCUT2D eigenvalue weighted by Gasteiger charge is 2.14. The Morgan fingerprint density at radius 3 is 2.19 bits per heavy atom. The van der Waals surface area contributed by atoms with Crippen LogP contribution < -0.4 is 10.0 Å². The van der Waals surface area contributed by atoms with E-state index in [9.17, 15) is 18.0 Å². The minimum absolute atomic E-state index is 0.0799. The van der Waals surface area contributed by atoms with Crippen LogP contribution in [0.3, 0.4) is 0 Å². The second kappa shape index (κ2) is 9.99. The van der Waals surface area contributed by atoms with Crippen molar-refractivity contribution in [2.24, 2.45) is 0 Å². The van der Waals surface area contributed by atoms with E-state index in [4.69, 9.17) is 0 Å². The Kier molecular flexibility index (Phi) is 7.15. The zero-order valence-corrected chi connectivity index (χ0v) is 17.9. The van der Waals surface area contributed by atoms with Gasteiger partial charge in [-0.3, -0.25) is 19.3 Å². The van der Waals surface area contributed by atoms with Gasteiger partial charge in [-0.1, -0.05) is 18.2 Å². The molecule has 0 aliphatic carbocycles. The van der Waals surface area contributed by atoms with E-state index in [0.717, 1.165) is 11.1 Å². The highest BCUT2D eigenvalue weighted by atomic mass is 32.2. The first kappa shape index (κ1) is 22.2. The number of carbonyl (C=O) groups excluding carboxylic acids is 2. The van der Waals surface area contributed by atoms with Crippen molar-refractivity contribution < 1.29 is 18.0 Å². The van der Waals surface area contributed by atoms with Gasteiger partial charge in [-0.2, -0.15) is 0 Å². The van der Waals surface area contributed by atoms with Crippen LogP contribution >= 0.6 is 0 Å². The Labute approximate surface area is 181 Å². The lowest BCUT2D eigenvalue weighted by molar-refractivity contribution is -0.118. The summed E-state index contributed by atoms with van der Waals surface area (Å²) in [6.07, 6.45) is 4.81. The number of hydrogen-bond acceptors (Lipinski definition) is 5. The fraction of sp³-hybridized carbons (Fsp3) is 0.174. The molecule has 3 rings (SSSR count). The summed E-state index contributed by atoms with van der Waals surface area (Å²) in [4.78, 5) is 27.4. The number of anilines is 2. The number of nitrogens with one attached hydrogen (secondary N) is 2. The molecule has 0 unspecified atom stereocenters. The summed E-state index contributed by atoms with van der Waals surface area (Å²) in [7, 11) is -3.77. The summed E-state index contributed by atoms with van der Waals surface area (Å²) in [5.41, 5.74) is 2.76. The lowest BCUT2D eigenvalue weighted by atomic mass is 10.0. The quantitative estimate of drug-likeness (QED) is 0.532. The second-order valence-electron chi connectivity index (χ2n) is 7.08. The van der Waals surface area contributed by atoms with Gasteiger partial charge in [0.2, 0.25) is 5.91 Å². The molecule has 31 heavy (non-hydrogen) atoms. The summed E-state index contributed by atoms with van der Waals surface area (Å²) in [6, 6.07) is 16.4. The number of sulfonamides is 1. The molecule has 0 saturated heterocycles. The summed E-state index contributed by atoms with van der Waals surface area (Å²) in [5.74, 6) is -0.124. The summed E-state index contributed by atoms with van der Waals surface area (Å²) < 4.78 is 27.6. The minimum Gasteiger partial charge on any atom is -0.326 e. The number of ketones is 1. The third-order valence-electron chi connectivity index (χ3n) is 4.51. The van der Waals surface area contributed by atoms with Crippen molar-refractivity contribution in [2.45, 2.75) is 31.1 Å². The monoisotopic (exact) mass is 437 g/mol. The molecule has 0 bridgehead atoms. The lowest BCUT2D eigenvalue weighted by Gasteiger charge is -2.10. The number of aryl methyl sites for hydroxylation is 1. The molecule has 1 aromatic heterocycles. The predicted octanol–water partition coefficient (Wildman–Crippen LogP) is 3.59. The van der Waals surface area contributed by atoms with Gasteiger partial charge in [-0.05, 0) is 60.0 Å². The minimum atomic E-state index is -3.77. The number of amides is 1. The zero-order chi connectivity index (χ0) is 22.3. The van der Waals surface area contributed by atoms with E-state index in [1.807, 2.05) is 12.1 Å². The van der Waals surface area contributed by atoms with Crippen LogP contribution in [0.25, 0.3) is 0 Å².